The van der Waals surface area contributed by atoms with Gasteiger partial charge in [-0.05, 0) is 36.6 Å². The molecule has 10 N–H and O–H groups in total. The minimum Gasteiger partial charge on any atom is -0.550 e. The van der Waals surface area contributed by atoms with Crippen LogP contribution in [0.1, 0.15) is 37.7 Å². The number of hydrogen-bond acceptors (Lipinski definition) is 12. The minimum atomic E-state index is -3.15. The van der Waals surface area contributed by atoms with Crippen LogP contribution in [-0.4, -0.2) is 82.6 Å². The average Bonchev–Trinajstić information content (AvgIpc) is 2.89. The van der Waals surface area contributed by atoms with E-state index >= 15 is 0 Å². The first kappa shape index (κ1) is 33.8. The summed E-state index contributed by atoms with van der Waals surface area (Å²) in [7, 11) is 0. The van der Waals surface area contributed by atoms with Crippen molar-refractivity contribution in [1.82, 2.24) is 16.0 Å². The fraction of sp³-hybridized carbons (Fsp3) is 0.400. The van der Waals surface area contributed by atoms with Crippen LogP contribution in [0.5, 0.6) is 11.5 Å². The third-order valence-corrected chi connectivity index (χ3v) is 5.97. The number of phenolic OH excluding ortho intramolecular Hbond substituents is 1. The second-order valence-electron chi connectivity index (χ2n) is 9.45. The highest BCUT2D eigenvalue weighted by Gasteiger charge is 2.33. The maximum Gasteiger partial charge on any atom is 0.338 e. The molecule has 1 aromatic carbocycles. The summed E-state index contributed by atoms with van der Waals surface area (Å²) in [6, 6.07) is 1.32. The zero-order chi connectivity index (χ0) is 32.3. The van der Waals surface area contributed by atoms with E-state index in [2.05, 4.69) is 15.6 Å². The van der Waals surface area contributed by atoms with Gasteiger partial charge in [-0.25, -0.2) is 0 Å². The van der Waals surface area contributed by atoms with Crippen molar-refractivity contribution in [2.75, 3.05) is 13.2 Å². The van der Waals surface area contributed by atoms with Crippen molar-refractivity contribution >= 4 is 47.7 Å². The number of carboxylic acid groups (broad SMARTS) is 3. The highest BCUT2D eigenvalue weighted by molar-refractivity contribution is 6.07. The Labute approximate surface area is 243 Å². The van der Waals surface area contributed by atoms with Crippen LogP contribution in [0.25, 0.3) is 6.08 Å². The van der Waals surface area contributed by atoms with E-state index in [0.29, 0.717) is 24.9 Å². The van der Waals surface area contributed by atoms with E-state index in [1.54, 1.807) is 0 Å². The third kappa shape index (κ3) is 10.5. The van der Waals surface area contributed by atoms with E-state index in [1.807, 2.05) is 5.32 Å². The Morgan fingerprint density at radius 1 is 1.16 bits per heavy atom. The molecule has 0 aliphatic carbocycles. The Bertz CT molecular complexity index is 1330. The van der Waals surface area contributed by atoms with Crippen LogP contribution < -0.4 is 52.5 Å². The van der Waals surface area contributed by atoms with Crippen molar-refractivity contribution in [3.8, 4) is 11.5 Å². The molecule has 1 heterocycles. The lowest BCUT2D eigenvalue weighted by atomic mass is 9.95. The molecular weight excluding hydrogens is 576 g/mol. The van der Waals surface area contributed by atoms with Crippen LogP contribution in [0.3, 0.4) is 0 Å². The standard InChI is InChI=1S/C25H32N6O12/c26-24(27)28-6-1-2-13-20(36)31-15(21(37)30-13)8-12-3-4-16(32)17(9-12)43-7-5-14(22(38)39)29-18(33)10-25(42,23(40)41)11-19(34)35/h3-4,8-9,13-14,32,42H,1-2,5-7,10-11H2,(H,29,33)(H,30,37)(H,31,36)(H,34,35)(H,38,39)(H,40,41)(H4,26,27,28)/p-2/b15-8-/t13-,14-,25-/m0/s1. The van der Waals surface area contributed by atoms with Gasteiger partial charge in [-0.2, -0.15) is 0 Å². The molecule has 1 aromatic rings. The number of amides is 3. The SMILES string of the molecule is NC(N)=[NH+]CCC[C@@H]1NC(=O)/C(=C/c2ccc(O)c(OCC[C@H](NC(=O)C[C@](O)(CC(=O)[O-])C(=O)[O-])C(=O)[O-])c2)NC1=O. The molecule has 0 bridgehead atoms. The van der Waals surface area contributed by atoms with Crippen LogP contribution in [0.4, 0.5) is 0 Å². The topological polar surface area (TPSA) is 323 Å². The Balaban J connectivity index is 2.01. The van der Waals surface area contributed by atoms with Crippen molar-refractivity contribution in [2.45, 2.75) is 49.8 Å². The molecule has 1 aliphatic rings. The number of rotatable bonds is 16. The highest BCUT2D eigenvalue weighted by atomic mass is 16.5. The van der Waals surface area contributed by atoms with Gasteiger partial charge in [0.2, 0.25) is 11.8 Å². The minimum absolute atomic E-state index is 0.0299. The van der Waals surface area contributed by atoms with Crippen LogP contribution in [0, 0.1) is 0 Å². The first-order chi connectivity index (χ1) is 20.1. The molecule has 234 valence electrons. The summed E-state index contributed by atoms with van der Waals surface area (Å²) < 4.78 is 5.38. The van der Waals surface area contributed by atoms with E-state index in [0.717, 1.165) is 0 Å². The normalized spacial score (nSPS) is 17.5. The number of benzene rings is 1. The van der Waals surface area contributed by atoms with E-state index in [4.69, 9.17) is 16.2 Å². The van der Waals surface area contributed by atoms with Crippen LogP contribution in [-0.2, 0) is 28.8 Å². The monoisotopic (exact) mass is 606 g/mol. The zero-order valence-corrected chi connectivity index (χ0v) is 22.5. The van der Waals surface area contributed by atoms with Gasteiger partial charge in [-0.3, -0.25) is 30.8 Å². The fourth-order valence-electron chi connectivity index (χ4n) is 3.82. The van der Waals surface area contributed by atoms with Crippen molar-refractivity contribution in [3.05, 3.63) is 29.5 Å². The summed E-state index contributed by atoms with van der Waals surface area (Å²) in [5, 5.41) is 60.2. The molecule has 0 saturated carbocycles. The van der Waals surface area contributed by atoms with Gasteiger partial charge >= 0.3 is 5.96 Å². The number of carbonyl (C=O) groups is 6. The number of carboxylic acids is 3. The number of aromatic hydroxyl groups is 1. The quantitative estimate of drug-likeness (QED) is 0.0375. The predicted molar refractivity (Wildman–Crippen MR) is 136 cm³/mol. The molecule has 3 amide bonds. The summed E-state index contributed by atoms with van der Waals surface area (Å²) in [5.74, 6) is -8.97. The highest BCUT2D eigenvalue weighted by Crippen LogP contribution is 2.28. The molecule has 18 nitrogen and oxygen atoms in total. The molecule has 0 aromatic heterocycles. The lowest BCUT2D eigenvalue weighted by Gasteiger charge is -2.30. The lowest BCUT2D eigenvalue weighted by molar-refractivity contribution is -0.459. The van der Waals surface area contributed by atoms with Gasteiger partial charge in [0.05, 0.1) is 37.6 Å². The Morgan fingerprint density at radius 2 is 1.86 bits per heavy atom. The van der Waals surface area contributed by atoms with Gasteiger partial charge in [0, 0.05) is 18.8 Å². The van der Waals surface area contributed by atoms with Crippen molar-refractivity contribution in [3.63, 3.8) is 0 Å². The first-order valence-corrected chi connectivity index (χ1v) is 12.7. The maximum atomic E-state index is 12.5. The number of guanidine groups is 1. The summed E-state index contributed by atoms with van der Waals surface area (Å²) in [6.07, 6.45) is -1.21. The van der Waals surface area contributed by atoms with E-state index in [1.165, 1.54) is 24.3 Å². The number of carbonyl (C=O) groups excluding carboxylic acids is 6. The average molecular weight is 607 g/mol. The first-order valence-electron chi connectivity index (χ1n) is 12.7. The maximum absolute atomic E-state index is 12.5. The van der Waals surface area contributed by atoms with Gasteiger partial charge in [-0.1, -0.05) is 6.07 Å². The number of nitrogens with one attached hydrogen (secondary N) is 4. The number of aliphatic carboxylic acids is 3. The van der Waals surface area contributed by atoms with Crippen LogP contribution in [0.15, 0.2) is 23.9 Å². The number of piperazine rings is 1. The van der Waals surface area contributed by atoms with Gasteiger partial charge in [-0.15, -0.1) is 0 Å². The number of hydrogen-bond donors (Lipinski definition) is 8. The van der Waals surface area contributed by atoms with Crippen molar-refractivity contribution in [2.24, 2.45) is 11.5 Å². The van der Waals surface area contributed by atoms with E-state index in [-0.39, 0.29) is 23.2 Å². The largest absolute Gasteiger partial charge is 0.550 e. The summed E-state index contributed by atoms with van der Waals surface area (Å²) in [5.41, 5.74) is 7.66. The molecule has 43 heavy (non-hydrogen) atoms. The molecule has 0 unspecified atom stereocenters. The summed E-state index contributed by atoms with van der Waals surface area (Å²) in [6.45, 7) is -0.0504. The van der Waals surface area contributed by atoms with Gasteiger partial charge in [0.1, 0.15) is 17.3 Å². The number of aliphatic hydroxyl groups is 1. The van der Waals surface area contributed by atoms with E-state index < -0.39 is 79.2 Å². The van der Waals surface area contributed by atoms with Gasteiger partial charge in [0.15, 0.2) is 11.5 Å². The summed E-state index contributed by atoms with van der Waals surface area (Å²) >= 11 is 0. The summed E-state index contributed by atoms with van der Waals surface area (Å²) in [4.78, 5) is 73.0. The van der Waals surface area contributed by atoms with Crippen LogP contribution in [0.2, 0.25) is 0 Å². The van der Waals surface area contributed by atoms with Gasteiger partial charge < -0.3 is 60.6 Å². The molecule has 1 saturated heterocycles. The molecule has 0 spiro atoms. The second kappa shape index (κ2) is 15.0. The second-order valence-corrected chi connectivity index (χ2v) is 9.45. The molecule has 3 atom stereocenters. The molecule has 2 rings (SSSR count). The van der Waals surface area contributed by atoms with Crippen LogP contribution >= 0.6 is 0 Å². The molecular formula is C25H30N6O12-2. The Hall–Kier alpha value is -5.39. The van der Waals surface area contributed by atoms with Crippen molar-refractivity contribution in [1.29, 1.82) is 0 Å². The molecule has 18 heteroatoms. The fourth-order valence-corrected chi connectivity index (χ4v) is 3.82. The molecule has 0 radical (unpaired) electrons. The Kier molecular flexibility index (Phi) is 11.8. The number of phenols is 1. The van der Waals surface area contributed by atoms with Gasteiger partial charge in [0.25, 0.3) is 5.91 Å². The Morgan fingerprint density at radius 3 is 2.47 bits per heavy atom. The number of ether oxygens (including phenoxy) is 1. The van der Waals surface area contributed by atoms with Crippen molar-refractivity contribution < 1.29 is 64.0 Å². The lowest BCUT2D eigenvalue weighted by Crippen LogP contribution is -2.78. The smallest absolute Gasteiger partial charge is 0.338 e. The predicted octanol–water partition coefficient (Wildman–Crippen LogP) is -8.50. The van der Waals surface area contributed by atoms with E-state index in [9.17, 15) is 54.3 Å². The molecule has 1 fully saturated rings. The third-order valence-electron chi connectivity index (χ3n) is 5.97. The number of nitrogens with two attached hydrogens (primary N) is 2. The molecule has 1 aliphatic heterocycles. The zero-order valence-electron chi connectivity index (χ0n) is 22.5.